The minimum Gasteiger partial charge on any atom is -0.465 e. The van der Waals surface area contributed by atoms with Crippen molar-refractivity contribution in [3.63, 3.8) is 0 Å². The van der Waals surface area contributed by atoms with Gasteiger partial charge in [-0.1, -0.05) is 29.8 Å². The number of ether oxygens (including phenoxy) is 1. The maximum atomic E-state index is 12.7. The molecule has 1 aliphatic heterocycles. The molecule has 2 amide bonds. The van der Waals surface area contributed by atoms with Gasteiger partial charge >= 0.3 is 5.97 Å². The highest BCUT2D eigenvalue weighted by atomic mass is 35.5. The summed E-state index contributed by atoms with van der Waals surface area (Å²) in [4.78, 5) is 38.4. The van der Waals surface area contributed by atoms with Crippen LogP contribution in [0.2, 0.25) is 5.02 Å². The molecule has 0 spiro atoms. The van der Waals surface area contributed by atoms with Crippen molar-refractivity contribution in [1.82, 2.24) is 0 Å². The van der Waals surface area contributed by atoms with Crippen molar-refractivity contribution in [3.8, 4) is 0 Å². The van der Waals surface area contributed by atoms with Gasteiger partial charge in [-0.15, -0.1) is 0 Å². The minimum absolute atomic E-state index is 0.0950. The van der Waals surface area contributed by atoms with Gasteiger partial charge in [0.05, 0.1) is 24.3 Å². The zero-order chi connectivity index (χ0) is 19.6. The molecule has 6 nitrogen and oxygen atoms in total. The van der Waals surface area contributed by atoms with E-state index in [1.165, 1.54) is 7.11 Å². The van der Waals surface area contributed by atoms with Crippen LogP contribution in [0.3, 0.4) is 0 Å². The molecule has 1 heterocycles. The molecule has 27 heavy (non-hydrogen) atoms. The summed E-state index contributed by atoms with van der Waals surface area (Å²) in [5.41, 5.74) is 2.21. The Morgan fingerprint density at radius 3 is 2.67 bits per heavy atom. The molecule has 1 aliphatic rings. The lowest BCUT2D eigenvalue weighted by Gasteiger charge is -2.18. The van der Waals surface area contributed by atoms with E-state index in [-0.39, 0.29) is 30.3 Å². The van der Waals surface area contributed by atoms with Crippen molar-refractivity contribution in [2.45, 2.75) is 13.3 Å². The summed E-state index contributed by atoms with van der Waals surface area (Å²) in [6.45, 7) is 2.14. The first kappa shape index (κ1) is 18.9. The first-order valence-electron chi connectivity index (χ1n) is 8.45. The number of amides is 2. The zero-order valence-electron chi connectivity index (χ0n) is 15.0. The van der Waals surface area contributed by atoms with Crippen LogP contribution in [0, 0.1) is 12.8 Å². The van der Waals surface area contributed by atoms with Gasteiger partial charge in [0.2, 0.25) is 11.8 Å². The standard InChI is InChI=1S/C20H19ClN2O4/c1-12-7-8-14(10-16(12)21)23-11-13(9-18(23)24)19(25)22-17-6-4-3-5-15(17)20(26)27-2/h3-8,10,13H,9,11H2,1-2H3,(H,22,25). The molecule has 0 aromatic heterocycles. The van der Waals surface area contributed by atoms with Gasteiger partial charge in [0.15, 0.2) is 0 Å². The van der Waals surface area contributed by atoms with Crippen LogP contribution in [-0.2, 0) is 14.3 Å². The number of carbonyl (C=O) groups is 3. The number of benzene rings is 2. The second-order valence-corrected chi connectivity index (χ2v) is 6.77. The van der Waals surface area contributed by atoms with Crippen LogP contribution in [-0.4, -0.2) is 31.4 Å². The molecule has 1 saturated heterocycles. The summed E-state index contributed by atoms with van der Waals surface area (Å²) in [7, 11) is 1.28. The molecule has 0 radical (unpaired) electrons. The SMILES string of the molecule is COC(=O)c1ccccc1NC(=O)C1CC(=O)N(c2ccc(C)c(Cl)c2)C1. The second-order valence-electron chi connectivity index (χ2n) is 6.37. The van der Waals surface area contributed by atoms with Gasteiger partial charge in [-0.3, -0.25) is 9.59 Å². The van der Waals surface area contributed by atoms with Crippen LogP contribution in [0.1, 0.15) is 22.3 Å². The molecular formula is C20H19ClN2O4. The van der Waals surface area contributed by atoms with Gasteiger partial charge in [0, 0.05) is 23.7 Å². The first-order chi connectivity index (χ1) is 12.9. The van der Waals surface area contributed by atoms with Crippen molar-refractivity contribution in [1.29, 1.82) is 0 Å². The number of hydrogen-bond acceptors (Lipinski definition) is 4. The Labute approximate surface area is 162 Å². The Morgan fingerprint density at radius 2 is 1.96 bits per heavy atom. The number of para-hydroxylation sites is 1. The van der Waals surface area contributed by atoms with Crippen LogP contribution < -0.4 is 10.2 Å². The van der Waals surface area contributed by atoms with Crippen molar-refractivity contribution < 1.29 is 19.1 Å². The van der Waals surface area contributed by atoms with Crippen LogP contribution in [0.15, 0.2) is 42.5 Å². The molecule has 1 atom stereocenters. The molecule has 1 fully saturated rings. The lowest BCUT2D eigenvalue weighted by Crippen LogP contribution is -2.28. The lowest BCUT2D eigenvalue weighted by atomic mass is 10.1. The Bertz CT molecular complexity index is 913. The Kier molecular flexibility index (Phi) is 5.46. The van der Waals surface area contributed by atoms with Gasteiger partial charge in [0.1, 0.15) is 0 Å². The van der Waals surface area contributed by atoms with Crippen LogP contribution >= 0.6 is 11.6 Å². The highest BCUT2D eigenvalue weighted by Gasteiger charge is 2.35. The third-order valence-corrected chi connectivity index (χ3v) is 4.96. The predicted molar refractivity (Wildman–Crippen MR) is 103 cm³/mol. The number of hydrogen-bond donors (Lipinski definition) is 1. The summed E-state index contributed by atoms with van der Waals surface area (Å²) in [6.07, 6.45) is 0.0950. The normalized spacial score (nSPS) is 16.3. The Hall–Kier alpha value is -2.86. The van der Waals surface area contributed by atoms with E-state index < -0.39 is 11.9 Å². The minimum atomic E-state index is -0.538. The number of methoxy groups -OCH3 is 1. The molecule has 7 heteroatoms. The molecule has 0 aliphatic carbocycles. The van der Waals surface area contributed by atoms with Crippen LogP contribution in [0.25, 0.3) is 0 Å². The monoisotopic (exact) mass is 386 g/mol. The molecule has 3 rings (SSSR count). The van der Waals surface area contributed by atoms with Crippen molar-refractivity contribution in [3.05, 3.63) is 58.6 Å². The van der Waals surface area contributed by atoms with Gasteiger partial charge in [-0.2, -0.15) is 0 Å². The highest BCUT2D eigenvalue weighted by molar-refractivity contribution is 6.31. The topological polar surface area (TPSA) is 75.7 Å². The zero-order valence-corrected chi connectivity index (χ0v) is 15.7. The van der Waals surface area contributed by atoms with Crippen molar-refractivity contribution in [2.75, 3.05) is 23.9 Å². The van der Waals surface area contributed by atoms with Crippen molar-refractivity contribution >= 4 is 40.8 Å². The first-order valence-corrected chi connectivity index (χ1v) is 8.83. The quantitative estimate of drug-likeness (QED) is 0.817. The molecule has 140 valence electrons. The second kappa shape index (κ2) is 7.80. The average molecular weight is 387 g/mol. The number of carbonyl (C=O) groups excluding carboxylic acids is 3. The highest BCUT2D eigenvalue weighted by Crippen LogP contribution is 2.29. The summed E-state index contributed by atoms with van der Waals surface area (Å²) in [6, 6.07) is 12.0. The number of nitrogens with zero attached hydrogens (tertiary/aromatic N) is 1. The molecule has 2 aromatic rings. The summed E-state index contributed by atoms with van der Waals surface area (Å²) in [5.74, 6) is -1.52. The molecule has 2 aromatic carbocycles. The van der Waals surface area contributed by atoms with E-state index in [1.807, 2.05) is 19.1 Å². The van der Waals surface area contributed by atoms with Crippen LogP contribution in [0.5, 0.6) is 0 Å². The number of aryl methyl sites for hydroxylation is 1. The Balaban J connectivity index is 1.75. The van der Waals surface area contributed by atoms with Gasteiger partial charge in [0.25, 0.3) is 0 Å². The smallest absolute Gasteiger partial charge is 0.339 e. The van der Waals surface area contributed by atoms with E-state index in [0.717, 1.165) is 5.56 Å². The fourth-order valence-electron chi connectivity index (χ4n) is 3.00. The third-order valence-electron chi connectivity index (χ3n) is 4.55. The van der Waals surface area contributed by atoms with E-state index in [4.69, 9.17) is 16.3 Å². The van der Waals surface area contributed by atoms with E-state index in [2.05, 4.69) is 5.32 Å². The number of rotatable bonds is 4. The van der Waals surface area contributed by atoms with Gasteiger partial charge in [-0.05, 0) is 36.8 Å². The fourth-order valence-corrected chi connectivity index (χ4v) is 3.17. The molecular weight excluding hydrogens is 368 g/mol. The number of anilines is 2. The number of esters is 1. The molecule has 0 bridgehead atoms. The summed E-state index contributed by atoms with van der Waals surface area (Å²) < 4.78 is 4.73. The lowest BCUT2D eigenvalue weighted by molar-refractivity contribution is -0.122. The summed E-state index contributed by atoms with van der Waals surface area (Å²) in [5, 5.41) is 3.31. The summed E-state index contributed by atoms with van der Waals surface area (Å²) >= 11 is 6.15. The maximum absolute atomic E-state index is 12.7. The number of halogens is 1. The molecule has 0 saturated carbocycles. The predicted octanol–water partition coefficient (Wildman–Crippen LogP) is 3.43. The van der Waals surface area contributed by atoms with Crippen molar-refractivity contribution in [2.24, 2.45) is 5.92 Å². The Morgan fingerprint density at radius 1 is 1.22 bits per heavy atom. The van der Waals surface area contributed by atoms with E-state index in [0.29, 0.717) is 16.4 Å². The maximum Gasteiger partial charge on any atom is 0.339 e. The fraction of sp³-hybridized carbons (Fsp3) is 0.250. The number of nitrogens with one attached hydrogen (secondary N) is 1. The largest absolute Gasteiger partial charge is 0.465 e. The van der Waals surface area contributed by atoms with Gasteiger partial charge < -0.3 is 15.0 Å². The van der Waals surface area contributed by atoms with E-state index >= 15 is 0 Å². The van der Waals surface area contributed by atoms with Crippen LogP contribution in [0.4, 0.5) is 11.4 Å². The average Bonchev–Trinajstić information content (AvgIpc) is 3.05. The van der Waals surface area contributed by atoms with E-state index in [9.17, 15) is 14.4 Å². The van der Waals surface area contributed by atoms with E-state index in [1.54, 1.807) is 35.2 Å². The van der Waals surface area contributed by atoms with Gasteiger partial charge in [-0.25, -0.2) is 4.79 Å². The molecule has 1 unspecified atom stereocenters. The molecule has 1 N–H and O–H groups in total. The third kappa shape index (κ3) is 3.95.